The topological polar surface area (TPSA) is 35.5 Å². The molecule has 150 valence electrons. The monoisotopic (exact) mass is 396 g/mol. The van der Waals surface area contributed by atoms with Crippen LogP contribution in [0.5, 0.6) is 5.75 Å². The fourth-order valence-electron chi connectivity index (χ4n) is 3.57. The van der Waals surface area contributed by atoms with Crippen LogP contribution in [0.25, 0.3) is 21.9 Å². The summed E-state index contributed by atoms with van der Waals surface area (Å²) in [5.74, 6) is 0.619. The molecule has 0 aliphatic carbocycles. The van der Waals surface area contributed by atoms with Crippen LogP contribution in [0.15, 0.2) is 91.0 Å². The molecule has 0 saturated heterocycles. The lowest BCUT2D eigenvalue weighted by molar-refractivity contribution is -0.140. The minimum absolute atomic E-state index is 0.193. The molecule has 4 rings (SSSR count). The van der Waals surface area contributed by atoms with Crippen molar-refractivity contribution in [1.82, 2.24) is 0 Å². The van der Waals surface area contributed by atoms with Crippen LogP contribution >= 0.6 is 0 Å². The van der Waals surface area contributed by atoms with Crippen LogP contribution in [-0.2, 0) is 22.6 Å². The quantitative estimate of drug-likeness (QED) is 0.349. The Labute approximate surface area is 176 Å². The van der Waals surface area contributed by atoms with Gasteiger partial charge in [-0.25, -0.2) is 0 Å². The van der Waals surface area contributed by atoms with Gasteiger partial charge in [-0.1, -0.05) is 72.8 Å². The normalized spacial score (nSPS) is 10.7. The smallest absolute Gasteiger partial charge is 0.305 e. The summed E-state index contributed by atoms with van der Waals surface area (Å²) in [7, 11) is 1.41. The molecule has 4 aromatic carbocycles. The second kappa shape index (κ2) is 9.27. The van der Waals surface area contributed by atoms with Gasteiger partial charge in [-0.05, 0) is 57.6 Å². The molecule has 0 fully saturated rings. The van der Waals surface area contributed by atoms with E-state index >= 15 is 0 Å². The molecule has 0 aromatic heterocycles. The summed E-state index contributed by atoms with van der Waals surface area (Å²) in [6, 6.07) is 31.2. The van der Waals surface area contributed by atoms with Crippen LogP contribution in [0.4, 0.5) is 0 Å². The molecule has 0 unspecified atom stereocenters. The van der Waals surface area contributed by atoms with Crippen molar-refractivity contribution in [1.29, 1.82) is 0 Å². The molecule has 0 bridgehead atoms. The zero-order chi connectivity index (χ0) is 20.8. The minimum Gasteiger partial charge on any atom is -0.489 e. The maximum atomic E-state index is 11.3. The Bertz CT molecular complexity index is 1140. The summed E-state index contributed by atoms with van der Waals surface area (Å²) in [6.07, 6.45) is 1.05. The van der Waals surface area contributed by atoms with E-state index in [2.05, 4.69) is 71.5 Å². The second-order valence-electron chi connectivity index (χ2n) is 7.24. The predicted molar refractivity (Wildman–Crippen MR) is 120 cm³/mol. The summed E-state index contributed by atoms with van der Waals surface area (Å²) in [5.41, 5.74) is 4.62. The molecule has 0 atom stereocenters. The van der Waals surface area contributed by atoms with Gasteiger partial charge in [-0.2, -0.15) is 0 Å². The van der Waals surface area contributed by atoms with Gasteiger partial charge in [0.05, 0.1) is 7.11 Å². The first-order chi connectivity index (χ1) is 14.7. The van der Waals surface area contributed by atoms with Crippen molar-refractivity contribution < 1.29 is 14.3 Å². The maximum Gasteiger partial charge on any atom is 0.305 e. The molecule has 0 aliphatic heterocycles. The van der Waals surface area contributed by atoms with Crippen LogP contribution < -0.4 is 4.74 Å². The van der Waals surface area contributed by atoms with Crippen molar-refractivity contribution >= 4 is 16.7 Å². The Balaban J connectivity index is 1.44. The molecule has 30 heavy (non-hydrogen) atoms. The number of hydrogen-bond donors (Lipinski definition) is 0. The summed E-state index contributed by atoms with van der Waals surface area (Å²) >= 11 is 0. The first kappa shape index (κ1) is 19.7. The number of carbonyl (C=O) groups is 1. The molecule has 3 nitrogen and oxygen atoms in total. The van der Waals surface area contributed by atoms with Gasteiger partial charge in [0.15, 0.2) is 0 Å². The van der Waals surface area contributed by atoms with Crippen molar-refractivity contribution in [3.63, 3.8) is 0 Å². The molecule has 0 amide bonds. The molecule has 0 radical (unpaired) electrons. The lowest BCUT2D eigenvalue weighted by Gasteiger charge is -2.10. The lowest BCUT2D eigenvalue weighted by Crippen LogP contribution is -2.02. The Morgan fingerprint density at radius 2 is 1.57 bits per heavy atom. The first-order valence-corrected chi connectivity index (χ1v) is 10.1. The number of benzene rings is 4. The maximum absolute atomic E-state index is 11.3. The van der Waals surface area contributed by atoms with Gasteiger partial charge in [0.2, 0.25) is 0 Å². The molecule has 3 heteroatoms. The molecule has 0 saturated carbocycles. The van der Waals surface area contributed by atoms with Gasteiger partial charge in [-0.15, -0.1) is 0 Å². The van der Waals surface area contributed by atoms with E-state index in [1.165, 1.54) is 29.0 Å². The Morgan fingerprint density at radius 3 is 2.40 bits per heavy atom. The highest BCUT2D eigenvalue weighted by molar-refractivity contribution is 5.96. The van der Waals surface area contributed by atoms with Crippen molar-refractivity contribution in [3.05, 3.63) is 102 Å². The third-order valence-electron chi connectivity index (χ3n) is 5.20. The number of ether oxygens (including phenoxy) is 2. The highest BCUT2D eigenvalue weighted by Gasteiger charge is 2.05. The average molecular weight is 396 g/mol. The summed E-state index contributed by atoms with van der Waals surface area (Å²) in [4.78, 5) is 11.3. The summed E-state index contributed by atoms with van der Waals surface area (Å²) in [6.45, 7) is 0.500. The molecule has 0 aliphatic rings. The Morgan fingerprint density at radius 1 is 0.800 bits per heavy atom. The number of fused-ring (bicyclic) bond motifs is 1. The number of carbonyl (C=O) groups excluding carboxylic acids is 1. The molecular formula is C27H24O3. The van der Waals surface area contributed by atoms with Crippen molar-refractivity contribution in [2.24, 2.45) is 0 Å². The first-order valence-electron chi connectivity index (χ1n) is 10.1. The molecule has 0 N–H and O–H groups in total. The average Bonchev–Trinajstić information content (AvgIpc) is 2.81. The van der Waals surface area contributed by atoms with E-state index in [-0.39, 0.29) is 5.97 Å². The van der Waals surface area contributed by atoms with Crippen molar-refractivity contribution in [2.45, 2.75) is 19.4 Å². The zero-order valence-electron chi connectivity index (χ0n) is 17.0. The molecular weight excluding hydrogens is 372 g/mol. The second-order valence-corrected chi connectivity index (χ2v) is 7.24. The van der Waals surface area contributed by atoms with Crippen LogP contribution in [0.1, 0.15) is 17.5 Å². The fourth-order valence-corrected chi connectivity index (χ4v) is 3.57. The summed E-state index contributed by atoms with van der Waals surface area (Å²) in [5, 5.41) is 2.49. The van der Waals surface area contributed by atoms with Gasteiger partial charge < -0.3 is 9.47 Å². The number of hydrogen-bond acceptors (Lipinski definition) is 3. The van der Waals surface area contributed by atoms with E-state index in [4.69, 9.17) is 4.74 Å². The predicted octanol–water partition coefficient (Wildman–Crippen LogP) is 6.19. The number of methoxy groups -OCH3 is 1. The fraction of sp³-hybridized carbons (Fsp3) is 0.148. The third kappa shape index (κ3) is 4.69. The van der Waals surface area contributed by atoms with Crippen LogP contribution in [0, 0.1) is 0 Å². The van der Waals surface area contributed by atoms with E-state index < -0.39 is 0 Å². The minimum atomic E-state index is -0.193. The largest absolute Gasteiger partial charge is 0.489 e. The summed E-state index contributed by atoms with van der Waals surface area (Å²) < 4.78 is 10.7. The SMILES string of the molecule is COC(=O)CCc1ccc(OCc2cccc(-c3cccc4ccccc34)c2)cc1. The molecule has 4 aromatic rings. The van der Waals surface area contributed by atoms with Gasteiger partial charge in [0.25, 0.3) is 0 Å². The highest BCUT2D eigenvalue weighted by atomic mass is 16.5. The Hall–Kier alpha value is -3.59. The lowest BCUT2D eigenvalue weighted by atomic mass is 9.97. The number of esters is 1. The van der Waals surface area contributed by atoms with Gasteiger partial charge in [0.1, 0.15) is 12.4 Å². The molecule has 0 spiro atoms. The highest BCUT2D eigenvalue weighted by Crippen LogP contribution is 2.29. The zero-order valence-corrected chi connectivity index (χ0v) is 17.0. The van der Waals surface area contributed by atoms with Crippen molar-refractivity contribution in [3.8, 4) is 16.9 Å². The van der Waals surface area contributed by atoms with Gasteiger partial charge >= 0.3 is 5.97 Å². The van der Waals surface area contributed by atoms with E-state index in [1.54, 1.807) is 0 Å². The standard InChI is InChI=1S/C27H24O3/c1-29-27(28)17-14-20-12-15-24(16-13-20)30-19-21-6-4-9-23(18-21)26-11-5-8-22-7-2-3-10-25(22)26/h2-13,15-16,18H,14,17,19H2,1H3. The number of rotatable bonds is 7. The molecule has 0 heterocycles. The third-order valence-corrected chi connectivity index (χ3v) is 5.20. The van der Waals surface area contributed by atoms with Crippen molar-refractivity contribution in [2.75, 3.05) is 7.11 Å². The van der Waals surface area contributed by atoms with Crippen LogP contribution in [0.2, 0.25) is 0 Å². The van der Waals surface area contributed by atoms with Gasteiger partial charge in [-0.3, -0.25) is 4.79 Å². The van der Waals surface area contributed by atoms with E-state index in [0.29, 0.717) is 19.4 Å². The van der Waals surface area contributed by atoms with E-state index in [0.717, 1.165) is 16.9 Å². The van der Waals surface area contributed by atoms with Crippen LogP contribution in [0.3, 0.4) is 0 Å². The van der Waals surface area contributed by atoms with Gasteiger partial charge in [0, 0.05) is 6.42 Å². The van der Waals surface area contributed by atoms with Crippen LogP contribution in [-0.4, -0.2) is 13.1 Å². The Kier molecular flexibility index (Phi) is 6.09. The number of aryl methyl sites for hydroxylation is 1. The van der Waals surface area contributed by atoms with E-state index in [9.17, 15) is 4.79 Å². The van der Waals surface area contributed by atoms with E-state index in [1.807, 2.05) is 24.3 Å².